The van der Waals surface area contributed by atoms with E-state index in [1.165, 1.54) is 12.5 Å². The first-order valence-electron chi connectivity index (χ1n) is 8.18. The van der Waals surface area contributed by atoms with E-state index >= 15 is 0 Å². The molecule has 26 heavy (non-hydrogen) atoms. The van der Waals surface area contributed by atoms with Gasteiger partial charge in [-0.15, -0.1) is 0 Å². The van der Waals surface area contributed by atoms with Crippen LogP contribution in [0.1, 0.15) is 12.0 Å². The number of nitrogens with zero attached hydrogens (tertiary/aromatic N) is 2. The molecule has 4 rings (SSSR count). The topological polar surface area (TPSA) is 37.4 Å². The molecule has 1 saturated heterocycles. The van der Waals surface area contributed by atoms with Crippen LogP contribution in [-0.4, -0.2) is 36.7 Å². The Bertz CT molecular complexity index is 763. The van der Waals surface area contributed by atoms with Crippen LogP contribution < -0.4 is 10.2 Å². The number of hydrogen-bond donors (Lipinski definition) is 1. The molecule has 1 fully saturated rings. The van der Waals surface area contributed by atoms with Crippen LogP contribution in [0.3, 0.4) is 0 Å². The molecule has 1 aromatic carbocycles. The van der Waals surface area contributed by atoms with Crippen LogP contribution in [0, 0.1) is 0 Å². The lowest BCUT2D eigenvalue weighted by Crippen LogP contribution is -2.27. The lowest BCUT2D eigenvalue weighted by Gasteiger charge is -2.23. The molecular formula is C18H19BrF3N3O. The maximum atomic E-state index is 12.7. The molecule has 1 unspecified atom stereocenters. The summed E-state index contributed by atoms with van der Waals surface area (Å²) >= 11 is 3.30. The monoisotopic (exact) mass is 429 g/mol. The number of alkyl halides is 4. The van der Waals surface area contributed by atoms with E-state index in [4.69, 9.17) is 4.74 Å². The Labute approximate surface area is 158 Å². The molecule has 4 nitrogen and oxygen atoms in total. The third-order valence-electron chi connectivity index (χ3n) is 4.22. The second-order valence-corrected chi connectivity index (χ2v) is 6.79. The Kier molecular flexibility index (Phi) is 5.72. The van der Waals surface area contributed by atoms with Crippen molar-refractivity contribution in [2.45, 2.75) is 18.7 Å². The summed E-state index contributed by atoms with van der Waals surface area (Å²) in [6, 6.07) is 7.09. The van der Waals surface area contributed by atoms with Gasteiger partial charge in [0.25, 0.3) is 0 Å². The largest absolute Gasteiger partial charge is 0.416 e. The van der Waals surface area contributed by atoms with E-state index in [9.17, 15) is 13.2 Å². The van der Waals surface area contributed by atoms with Crippen LogP contribution in [0.4, 0.5) is 24.7 Å². The van der Waals surface area contributed by atoms with Gasteiger partial charge in [-0.3, -0.25) is 0 Å². The molecule has 1 aromatic heterocycles. The molecule has 2 aliphatic heterocycles. The van der Waals surface area contributed by atoms with E-state index < -0.39 is 11.7 Å². The van der Waals surface area contributed by atoms with Gasteiger partial charge in [-0.05, 0) is 30.2 Å². The molecule has 0 bridgehead atoms. The molecule has 1 atom stereocenters. The van der Waals surface area contributed by atoms with Gasteiger partial charge in [-0.1, -0.05) is 28.1 Å². The summed E-state index contributed by atoms with van der Waals surface area (Å²) in [6.07, 6.45) is -0.966. The fraction of sp³-hybridized carbons (Fsp3) is 0.389. The van der Waals surface area contributed by atoms with E-state index in [-0.39, 0.29) is 0 Å². The van der Waals surface area contributed by atoms with Crippen molar-refractivity contribution in [1.82, 2.24) is 4.98 Å². The number of benzene rings is 1. The van der Waals surface area contributed by atoms with Crippen molar-refractivity contribution in [3.05, 3.63) is 42.1 Å². The summed E-state index contributed by atoms with van der Waals surface area (Å²) in [5.41, 5.74) is 1.35. The number of anilines is 2. The van der Waals surface area contributed by atoms with Crippen molar-refractivity contribution in [1.29, 1.82) is 0 Å². The number of rotatable bonds is 2. The molecule has 0 amide bonds. The predicted molar refractivity (Wildman–Crippen MR) is 99.7 cm³/mol. The number of aromatic nitrogens is 1. The lowest BCUT2D eigenvalue weighted by atomic mass is 10.0. The van der Waals surface area contributed by atoms with Crippen molar-refractivity contribution < 1.29 is 17.9 Å². The molecule has 140 valence electrons. The minimum absolute atomic E-state index is 0.506. The van der Waals surface area contributed by atoms with Crippen LogP contribution in [-0.2, 0) is 10.9 Å². The molecule has 2 aromatic rings. The summed E-state index contributed by atoms with van der Waals surface area (Å²) < 4.78 is 43.2. The standard InChI is InChI=1S/C14H12F3N3.C4H7BrO/c1-20-8-19-12-6-10(7-18-13(12)20)9-3-2-4-11(5-9)14(15,16)17;5-3-4-1-2-6-4/h2-7,19H,8H2,1H3;4H,1-3H2. The van der Waals surface area contributed by atoms with Crippen LogP contribution in [0.2, 0.25) is 0 Å². The van der Waals surface area contributed by atoms with Crippen molar-refractivity contribution in [3.63, 3.8) is 0 Å². The Morgan fingerprint density at radius 1 is 1.31 bits per heavy atom. The maximum absolute atomic E-state index is 12.7. The highest BCUT2D eigenvalue weighted by molar-refractivity contribution is 9.09. The predicted octanol–water partition coefficient (Wildman–Crippen LogP) is 4.76. The van der Waals surface area contributed by atoms with E-state index in [0.29, 0.717) is 23.9 Å². The molecule has 0 saturated carbocycles. The van der Waals surface area contributed by atoms with E-state index in [2.05, 4.69) is 26.2 Å². The van der Waals surface area contributed by atoms with Gasteiger partial charge in [0.15, 0.2) is 5.82 Å². The maximum Gasteiger partial charge on any atom is 0.416 e. The third-order valence-corrected chi connectivity index (χ3v) is 4.95. The second kappa shape index (κ2) is 7.84. The van der Waals surface area contributed by atoms with Gasteiger partial charge in [0, 0.05) is 30.7 Å². The van der Waals surface area contributed by atoms with Gasteiger partial charge < -0.3 is 15.0 Å². The van der Waals surface area contributed by atoms with Crippen molar-refractivity contribution in [3.8, 4) is 11.1 Å². The molecule has 0 radical (unpaired) electrons. The smallest absolute Gasteiger partial charge is 0.377 e. The van der Waals surface area contributed by atoms with Crippen LogP contribution in [0.15, 0.2) is 36.5 Å². The highest BCUT2D eigenvalue weighted by atomic mass is 79.9. The molecule has 0 aliphatic carbocycles. The Balaban J connectivity index is 0.000000278. The number of nitrogens with one attached hydrogen (secondary N) is 1. The lowest BCUT2D eigenvalue weighted by molar-refractivity contribution is -0.137. The molecule has 0 spiro atoms. The molecule has 1 N–H and O–H groups in total. The molecule has 2 aliphatic rings. The number of ether oxygens (including phenoxy) is 1. The zero-order valence-electron chi connectivity index (χ0n) is 14.2. The number of hydrogen-bond acceptors (Lipinski definition) is 4. The number of halogens is 4. The van der Waals surface area contributed by atoms with Crippen molar-refractivity contribution >= 4 is 27.4 Å². The number of fused-ring (bicyclic) bond motifs is 1. The quantitative estimate of drug-likeness (QED) is 0.698. The van der Waals surface area contributed by atoms with Gasteiger partial charge in [0.1, 0.15) is 0 Å². The summed E-state index contributed by atoms with van der Waals surface area (Å²) in [4.78, 5) is 6.23. The van der Waals surface area contributed by atoms with Crippen molar-refractivity contribution in [2.24, 2.45) is 0 Å². The Morgan fingerprint density at radius 3 is 2.65 bits per heavy atom. The highest BCUT2D eigenvalue weighted by Gasteiger charge is 2.30. The first kappa shape index (κ1) is 19.0. The van der Waals surface area contributed by atoms with Gasteiger partial charge in [-0.2, -0.15) is 13.2 Å². The SMILES string of the molecule is BrCC1CCO1.CN1CNc2cc(-c3cccc(C(F)(F)F)c3)cnc21. The average Bonchev–Trinajstić information content (AvgIpc) is 2.94. The summed E-state index contributed by atoms with van der Waals surface area (Å²) in [7, 11) is 1.90. The van der Waals surface area contributed by atoms with Gasteiger partial charge in [0.05, 0.1) is 24.0 Å². The van der Waals surface area contributed by atoms with Crippen LogP contribution in [0.25, 0.3) is 11.1 Å². The molecular weight excluding hydrogens is 411 g/mol. The Morgan fingerprint density at radius 2 is 2.08 bits per heavy atom. The first-order chi connectivity index (χ1) is 12.4. The Hall–Kier alpha value is -1.80. The zero-order valence-corrected chi connectivity index (χ0v) is 15.8. The molecule has 8 heteroatoms. The molecule has 3 heterocycles. The average molecular weight is 430 g/mol. The highest BCUT2D eigenvalue weighted by Crippen LogP contribution is 2.35. The normalized spacial score (nSPS) is 18.3. The summed E-state index contributed by atoms with van der Waals surface area (Å²) in [5.74, 6) is 0.806. The van der Waals surface area contributed by atoms with E-state index in [1.54, 1.807) is 12.3 Å². The zero-order chi connectivity index (χ0) is 18.7. The number of pyridine rings is 1. The van der Waals surface area contributed by atoms with E-state index in [0.717, 1.165) is 35.6 Å². The summed E-state index contributed by atoms with van der Waals surface area (Å²) in [6.45, 7) is 1.62. The third kappa shape index (κ3) is 4.29. The minimum atomic E-state index is -4.33. The van der Waals surface area contributed by atoms with Crippen molar-refractivity contribution in [2.75, 3.05) is 35.9 Å². The fourth-order valence-corrected chi connectivity index (χ4v) is 3.12. The fourth-order valence-electron chi connectivity index (χ4n) is 2.61. The van der Waals surface area contributed by atoms with E-state index in [1.807, 2.05) is 18.0 Å². The van der Waals surface area contributed by atoms with Crippen LogP contribution in [0.5, 0.6) is 0 Å². The van der Waals surface area contributed by atoms with Gasteiger partial charge in [0.2, 0.25) is 0 Å². The van der Waals surface area contributed by atoms with Gasteiger partial charge in [-0.25, -0.2) is 4.98 Å². The van der Waals surface area contributed by atoms with Gasteiger partial charge >= 0.3 is 6.18 Å². The second-order valence-electron chi connectivity index (χ2n) is 6.14. The first-order valence-corrected chi connectivity index (χ1v) is 9.31. The summed E-state index contributed by atoms with van der Waals surface area (Å²) in [5, 5.41) is 4.15. The minimum Gasteiger partial charge on any atom is -0.377 e. The van der Waals surface area contributed by atoms with Crippen LogP contribution >= 0.6 is 15.9 Å².